The number of hydrogen-bond donors (Lipinski definition) is 0. The van der Waals surface area contributed by atoms with E-state index >= 15 is 0 Å². The number of hydrogen-bond acceptors (Lipinski definition) is 0. The van der Waals surface area contributed by atoms with Crippen LogP contribution in [-0.2, 0) is 0 Å². The van der Waals surface area contributed by atoms with Crippen LogP contribution in [0, 0.1) is 23.8 Å². The van der Waals surface area contributed by atoms with Crippen LogP contribution in [0.5, 0.6) is 0 Å². The van der Waals surface area contributed by atoms with Gasteiger partial charge in [0.05, 0.1) is 8.07 Å². The summed E-state index contributed by atoms with van der Waals surface area (Å²) >= 11 is 0. The first-order valence-corrected chi connectivity index (χ1v) is 15.2. The van der Waals surface area contributed by atoms with Crippen LogP contribution in [0.2, 0.25) is 56.9 Å². The lowest BCUT2D eigenvalue weighted by Crippen LogP contribution is -2.28. The summed E-state index contributed by atoms with van der Waals surface area (Å²) in [6.45, 7) is 14.3. The number of terminal acetylenes is 1. The van der Waals surface area contributed by atoms with Gasteiger partial charge in [-0.2, -0.15) is 0 Å². The van der Waals surface area contributed by atoms with Crippen LogP contribution in [0.15, 0.2) is 0 Å². The van der Waals surface area contributed by atoms with Gasteiger partial charge in [0, 0.05) is 15.1 Å². The Kier molecular flexibility index (Phi) is 6.40. The third kappa shape index (κ3) is 7.99. The lowest BCUT2D eigenvalue weighted by Gasteiger charge is -2.24. The lowest BCUT2D eigenvalue weighted by molar-refractivity contribution is 1.15. The van der Waals surface area contributed by atoms with Crippen molar-refractivity contribution < 1.29 is 0 Å². The van der Waals surface area contributed by atoms with Crippen molar-refractivity contribution in [2.75, 3.05) is 0 Å². The summed E-state index contributed by atoms with van der Waals surface area (Å²) < 4.78 is 0. The van der Waals surface area contributed by atoms with E-state index in [4.69, 9.17) is 6.42 Å². The monoisotopic (exact) mass is 266 g/mol. The van der Waals surface area contributed by atoms with E-state index in [1.165, 1.54) is 6.04 Å². The fourth-order valence-corrected chi connectivity index (χ4v) is 7.73. The van der Waals surface area contributed by atoms with Gasteiger partial charge < -0.3 is 0 Å². The maximum atomic E-state index is 5.33. The van der Waals surface area contributed by atoms with Crippen molar-refractivity contribution in [3.63, 3.8) is 0 Å². The van der Waals surface area contributed by atoms with Crippen LogP contribution >= 0.6 is 0 Å². The van der Waals surface area contributed by atoms with E-state index in [1.54, 1.807) is 0 Å². The van der Waals surface area contributed by atoms with E-state index in [0.717, 1.165) is 6.04 Å². The summed E-state index contributed by atoms with van der Waals surface area (Å²) in [5, 5.41) is 0. The highest BCUT2D eigenvalue weighted by atomic mass is 28.3. The van der Waals surface area contributed by atoms with E-state index < -0.39 is 16.1 Å². The Labute approximate surface area is 106 Å². The molecular weight excluding hydrogens is 240 g/mol. The van der Waals surface area contributed by atoms with Gasteiger partial charge in [0.25, 0.3) is 0 Å². The van der Waals surface area contributed by atoms with Crippen LogP contribution in [0.4, 0.5) is 0 Å². The molecule has 0 radical (unpaired) electrons. The molecule has 16 heavy (non-hydrogen) atoms. The summed E-state index contributed by atoms with van der Waals surface area (Å²) in [6.07, 6.45) is 5.33. The van der Waals surface area contributed by atoms with E-state index in [0.29, 0.717) is 5.54 Å². The van der Waals surface area contributed by atoms with Crippen molar-refractivity contribution in [2.24, 2.45) is 0 Å². The molecule has 0 spiro atoms. The molecule has 0 saturated heterocycles. The zero-order valence-corrected chi connectivity index (χ0v) is 15.2. The molecule has 0 rings (SSSR count). The molecule has 1 unspecified atom stereocenters. The normalized spacial score (nSPS) is 14.3. The molecule has 0 saturated carbocycles. The van der Waals surface area contributed by atoms with Gasteiger partial charge in [0.15, 0.2) is 0 Å². The summed E-state index contributed by atoms with van der Waals surface area (Å²) in [4.78, 5) is 0. The minimum Gasteiger partial charge on any atom is -0.132 e. The Bertz CT molecular complexity index is 301. The van der Waals surface area contributed by atoms with E-state index in [1.807, 2.05) is 0 Å². The van der Waals surface area contributed by atoms with Crippen LogP contribution in [-0.4, -0.2) is 25.7 Å². The van der Waals surface area contributed by atoms with Crippen molar-refractivity contribution in [2.45, 2.75) is 56.9 Å². The first kappa shape index (κ1) is 15.8. The first-order valence-electron chi connectivity index (χ1n) is 6.13. The van der Waals surface area contributed by atoms with Crippen LogP contribution in [0.25, 0.3) is 0 Å². The minimum atomic E-state index is -1.21. The second kappa shape index (κ2) is 6.49. The zero-order chi connectivity index (χ0) is 12.8. The smallest absolute Gasteiger partial charge is 0.129 e. The summed E-state index contributed by atoms with van der Waals surface area (Å²) in [5.74, 6) is 6.38. The lowest BCUT2D eigenvalue weighted by atomic mass is 10.5. The topological polar surface area (TPSA) is 0 Å². The predicted octanol–water partition coefficient (Wildman–Crippen LogP) is 3.21. The van der Waals surface area contributed by atoms with Crippen LogP contribution in [0.1, 0.15) is 0 Å². The van der Waals surface area contributed by atoms with Gasteiger partial charge >= 0.3 is 0 Å². The van der Waals surface area contributed by atoms with Crippen LogP contribution < -0.4 is 0 Å². The van der Waals surface area contributed by atoms with Gasteiger partial charge in [0.1, 0.15) is 8.07 Å². The third-order valence-electron chi connectivity index (χ3n) is 2.48. The average molecular weight is 267 g/mol. The van der Waals surface area contributed by atoms with Gasteiger partial charge in [-0.15, -0.1) is 23.8 Å². The van der Waals surface area contributed by atoms with Crippen molar-refractivity contribution in [1.82, 2.24) is 0 Å². The van der Waals surface area contributed by atoms with E-state index in [2.05, 4.69) is 56.7 Å². The fourth-order valence-electron chi connectivity index (χ4n) is 1.43. The second-order valence-corrected chi connectivity index (χ2v) is 18.5. The standard InChI is InChI=1S/C13H26Si3/c1-8-10-14-12-13(16(5,6)7)9-11-15(2,3)4/h1,13H,10,12,14H2,2-7H3. The highest BCUT2D eigenvalue weighted by Crippen LogP contribution is 2.25. The highest BCUT2D eigenvalue weighted by molar-refractivity contribution is 6.84. The molecule has 0 aromatic rings. The molecule has 90 valence electrons. The molecule has 1 atom stereocenters. The second-order valence-electron chi connectivity index (χ2n) is 6.53. The Morgan fingerprint density at radius 1 is 1.12 bits per heavy atom. The quantitative estimate of drug-likeness (QED) is 0.416. The molecule has 0 fully saturated rings. The summed E-state index contributed by atoms with van der Waals surface area (Å²) in [5.41, 5.74) is 4.23. The molecule has 0 aromatic carbocycles. The molecule has 0 aliphatic rings. The molecule has 0 aliphatic carbocycles. The van der Waals surface area contributed by atoms with Crippen molar-refractivity contribution in [3.05, 3.63) is 0 Å². The van der Waals surface area contributed by atoms with Gasteiger partial charge in [-0.25, -0.2) is 0 Å². The minimum absolute atomic E-state index is 0.0685. The zero-order valence-electron chi connectivity index (χ0n) is 11.8. The molecular formula is C13H26Si3. The van der Waals surface area contributed by atoms with Crippen molar-refractivity contribution >= 4 is 25.7 Å². The molecule has 0 aliphatic heterocycles. The molecule has 0 bridgehead atoms. The molecule has 0 aromatic heterocycles. The molecule has 0 amide bonds. The Morgan fingerprint density at radius 2 is 1.69 bits per heavy atom. The molecule has 0 heterocycles. The SMILES string of the molecule is C#CC[SiH2]CC(C#C[Si](C)(C)C)[Si](C)(C)C. The Balaban J connectivity index is 4.57. The molecule has 0 N–H and O–H groups in total. The van der Waals surface area contributed by atoms with Crippen LogP contribution in [0.3, 0.4) is 0 Å². The van der Waals surface area contributed by atoms with Crippen molar-refractivity contribution in [3.8, 4) is 23.8 Å². The van der Waals surface area contributed by atoms with Gasteiger partial charge in [-0.3, -0.25) is 0 Å². The summed E-state index contributed by atoms with van der Waals surface area (Å²) in [7, 11) is -2.40. The average Bonchev–Trinajstić information content (AvgIpc) is 2.07. The van der Waals surface area contributed by atoms with Gasteiger partial charge in [0.2, 0.25) is 0 Å². The largest absolute Gasteiger partial charge is 0.132 e. The summed E-state index contributed by atoms with van der Waals surface area (Å²) in [6, 6.07) is 2.37. The fraction of sp³-hybridized carbons (Fsp3) is 0.692. The van der Waals surface area contributed by atoms with Gasteiger partial charge in [-0.1, -0.05) is 45.3 Å². The Hall–Kier alpha value is -0.229. The highest BCUT2D eigenvalue weighted by Gasteiger charge is 2.24. The van der Waals surface area contributed by atoms with E-state index in [-0.39, 0.29) is 9.52 Å². The van der Waals surface area contributed by atoms with Crippen molar-refractivity contribution in [1.29, 1.82) is 0 Å². The van der Waals surface area contributed by atoms with Gasteiger partial charge in [-0.05, 0) is 6.04 Å². The number of rotatable bonds is 4. The molecule has 3 heteroatoms. The predicted molar refractivity (Wildman–Crippen MR) is 85.2 cm³/mol. The maximum Gasteiger partial charge on any atom is 0.129 e. The first-order chi connectivity index (χ1) is 7.17. The Morgan fingerprint density at radius 3 is 2.06 bits per heavy atom. The molecule has 0 nitrogen and oxygen atoms in total. The van der Waals surface area contributed by atoms with E-state index in [9.17, 15) is 0 Å². The third-order valence-corrected chi connectivity index (χ3v) is 8.10. The maximum absolute atomic E-state index is 5.33.